The number of carboxylic acids is 1. The zero-order valence-corrected chi connectivity index (χ0v) is 7.11. The standard InChI is InChI=1S/C9H10O4/c1-2-5-3-4-6(9(12)13)8(11)7(5)10/h3-4,10-11H,2H2,1H3,(H,12,13). The average Bonchev–Trinajstić information content (AvgIpc) is 2.09. The van der Waals surface area contributed by atoms with E-state index in [1.807, 2.05) is 0 Å². The summed E-state index contributed by atoms with van der Waals surface area (Å²) >= 11 is 0. The fraction of sp³-hybridized carbons (Fsp3) is 0.222. The number of hydrogen-bond donors (Lipinski definition) is 3. The number of aromatic carboxylic acids is 1. The summed E-state index contributed by atoms with van der Waals surface area (Å²) in [5.41, 5.74) is 0.247. The number of phenolic OH excluding ortho intramolecular Hbond substituents is 1. The normalized spacial score (nSPS) is 9.92. The van der Waals surface area contributed by atoms with Gasteiger partial charge in [-0.3, -0.25) is 0 Å². The van der Waals surface area contributed by atoms with Gasteiger partial charge in [0.25, 0.3) is 0 Å². The Kier molecular flexibility index (Phi) is 2.41. The molecule has 70 valence electrons. The minimum absolute atomic E-state index is 0.283. The Bertz CT molecular complexity index is 344. The molecular formula is C9H10O4. The maximum absolute atomic E-state index is 10.5. The maximum atomic E-state index is 10.5. The molecule has 0 radical (unpaired) electrons. The van der Waals surface area contributed by atoms with Gasteiger partial charge in [-0.15, -0.1) is 0 Å². The minimum Gasteiger partial charge on any atom is -0.504 e. The molecule has 4 heteroatoms. The third kappa shape index (κ3) is 1.56. The molecule has 0 aliphatic carbocycles. The van der Waals surface area contributed by atoms with Gasteiger partial charge < -0.3 is 15.3 Å². The van der Waals surface area contributed by atoms with Crippen LogP contribution in [0.4, 0.5) is 0 Å². The maximum Gasteiger partial charge on any atom is 0.339 e. The lowest BCUT2D eigenvalue weighted by Gasteiger charge is -2.05. The molecule has 0 heterocycles. The van der Waals surface area contributed by atoms with Crippen molar-refractivity contribution in [2.45, 2.75) is 13.3 Å². The number of aromatic hydroxyl groups is 2. The summed E-state index contributed by atoms with van der Waals surface area (Å²) in [5, 5.41) is 27.1. The molecule has 1 rings (SSSR count). The molecule has 0 fully saturated rings. The number of rotatable bonds is 2. The largest absolute Gasteiger partial charge is 0.504 e. The van der Waals surface area contributed by atoms with E-state index in [1.54, 1.807) is 6.92 Å². The van der Waals surface area contributed by atoms with Crippen molar-refractivity contribution >= 4 is 5.97 Å². The van der Waals surface area contributed by atoms with E-state index in [0.29, 0.717) is 12.0 Å². The first kappa shape index (κ1) is 9.38. The molecule has 0 unspecified atom stereocenters. The van der Waals surface area contributed by atoms with E-state index in [-0.39, 0.29) is 11.3 Å². The summed E-state index contributed by atoms with van der Waals surface area (Å²) < 4.78 is 0. The molecule has 0 saturated heterocycles. The molecule has 1 aromatic carbocycles. The van der Waals surface area contributed by atoms with Gasteiger partial charge in [0.2, 0.25) is 0 Å². The van der Waals surface area contributed by atoms with Crippen molar-refractivity contribution in [3.05, 3.63) is 23.3 Å². The molecule has 0 aliphatic rings. The van der Waals surface area contributed by atoms with E-state index >= 15 is 0 Å². The predicted molar refractivity (Wildman–Crippen MR) is 46.1 cm³/mol. The summed E-state index contributed by atoms with van der Waals surface area (Å²) in [4.78, 5) is 10.5. The summed E-state index contributed by atoms with van der Waals surface area (Å²) in [5.74, 6) is -2.16. The number of carbonyl (C=O) groups is 1. The van der Waals surface area contributed by atoms with Crippen molar-refractivity contribution in [3.63, 3.8) is 0 Å². The summed E-state index contributed by atoms with van der Waals surface area (Å²) in [6.07, 6.45) is 0.541. The zero-order valence-electron chi connectivity index (χ0n) is 7.11. The highest BCUT2D eigenvalue weighted by molar-refractivity contribution is 5.92. The van der Waals surface area contributed by atoms with Gasteiger partial charge in [0.05, 0.1) is 0 Å². The van der Waals surface area contributed by atoms with Crippen molar-refractivity contribution in [2.24, 2.45) is 0 Å². The number of benzene rings is 1. The smallest absolute Gasteiger partial charge is 0.339 e. The molecule has 13 heavy (non-hydrogen) atoms. The Morgan fingerprint density at radius 3 is 2.38 bits per heavy atom. The fourth-order valence-corrected chi connectivity index (χ4v) is 1.08. The van der Waals surface area contributed by atoms with Crippen LogP contribution >= 0.6 is 0 Å². The van der Waals surface area contributed by atoms with Crippen LogP contribution in [0.2, 0.25) is 0 Å². The van der Waals surface area contributed by atoms with Crippen molar-refractivity contribution in [2.75, 3.05) is 0 Å². The van der Waals surface area contributed by atoms with E-state index < -0.39 is 11.7 Å². The Labute approximate surface area is 75.1 Å². The summed E-state index contributed by atoms with van der Waals surface area (Å²) in [6, 6.07) is 2.76. The van der Waals surface area contributed by atoms with Gasteiger partial charge in [-0.1, -0.05) is 13.0 Å². The van der Waals surface area contributed by atoms with Gasteiger partial charge in [-0.05, 0) is 18.1 Å². The monoisotopic (exact) mass is 182 g/mol. The van der Waals surface area contributed by atoms with E-state index in [9.17, 15) is 15.0 Å². The van der Waals surface area contributed by atoms with Crippen LogP contribution < -0.4 is 0 Å². The highest BCUT2D eigenvalue weighted by Gasteiger charge is 2.15. The highest BCUT2D eigenvalue weighted by atomic mass is 16.4. The topological polar surface area (TPSA) is 77.8 Å². The predicted octanol–water partition coefficient (Wildman–Crippen LogP) is 1.36. The van der Waals surface area contributed by atoms with Gasteiger partial charge in [0, 0.05) is 0 Å². The molecule has 4 nitrogen and oxygen atoms in total. The number of hydrogen-bond acceptors (Lipinski definition) is 3. The van der Waals surface area contributed by atoms with Crippen LogP contribution in [0, 0.1) is 0 Å². The first-order valence-electron chi connectivity index (χ1n) is 3.85. The molecule has 0 bridgehead atoms. The van der Waals surface area contributed by atoms with E-state index in [4.69, 9.17) is 5.11 Å². The third-order valence-corrected chi connectivity index (χ3v) is 1.85. The van der Waals surface area contributed by atoms with E-state index in [0.717, 1.165) is 0 Å². The van der Waals surface area contributed by atoms with Gasteiger partial charge in [-0.2, -0.15) is 0 Å². The van der Waals surface area contributed by atoms with Crippen LogP contribution in [-0.2, 0) is 6.42 Å². The lowest BCUT2D eigenvalue weighted by molar-refractivity contribution is 0.0693. The number of phenols is 2. The quantitative estimate of drug-likeness (QED) is 0.603. The number of carboxylic acid groups (broad SMARTS) is 1. The van der Waals surface area contributed by atoms with Crippen molar-refractivity contribution in [1.82, 2.24) is 0 Å². The second kappa shape index (κ2) is 3.35. The zero-order chi connectivity index (χ0) is 10.0. The van der Waals surface area contributed by atoms with Crippen LogP contribution in [0.25, 0.3) is 0 Å². The summed E-state index contributed by atoms with van der Waals surface area (Å²) in [6.45, 7) is 1.80. The fourth-order valence-electron chi connectivity index (χ4n) is 1.08. The molecule has 3 N–H and O–H groups in total. The average molecular weight is 182 g/mol. The van der Waals surface area contributed by atoms with E-state index in [1.165, 1.54) is 12.1 Å². The molecule has 0 atom stereocenters. The van der Waals surface area contributed by atoms with Crippen LogP contribution in [0.15, 0.2) is 12.1 Å². The Morgan fingerprint density at radius 2 is 1.92 bits per heavy atom. The molecule has 0 spiro atoms. The SMILES string of the molecule is CCc1ccc(C(=O)O)c(O)c1O. The minimum atomic E-state index is -1.25. The van der Waals surface area contributed by atoms with Crippen molar-refractivity contribution in [1.29, 1.82) is 0 Å². The Hall–Kier alpha value is -1.71. The second-order valence-corrected chi connectivity index (χ2v) is 2.63. The first-order chi connectivity index (χ1) is 6.07. The Balaban J connectivity index is 3.31. The summed E-state index contributed by atoms with van der Waals surface area (Å²) in [7, 11) is 0. The molecule has 0 saturated carbocycles. The molecule has 0 amide bonds. The molecule has 0 aromatic heterocycles. The van der Waals surface area contributed by atoms with E-state index in [2.05, 4.69) is 0 Å². The van der Waals surface area contributed by atoms with Crippen LogP contribution in [0.5, 0.6) is 11.5 Å². The van der Waals surface area contributed by atoms with Gasteiger partial charge >= 0.3 is 5.97 Å². The Morgan fingerprint density at radius 1 is 1.31 bits per heavy atom. The third-order valence-electron chi connectivity index (χ3n) is 1.85. The van der Waals surface area contributed by atoms with Crippen molar-refractivity contribution in [3.8, 4) is 11.5 Å². The van der Waals surface area contributed by atoms with Crippen LogP contribution in [0.3, 0.4) is 0 Å². The molecule has 1 aromatic rings. The van der Waals surface area contributed by atoms with Gasteiger partial charge in [0.1, 0.15) is 5.56 Å². The lowest BCUT2D eigenvalue weighted by atomic mass is 10.1. The van der Waals surface area contributed by atoms with Crippen LogP contribution in [-0.4, -0.2) is 21.3 Å². The lowest BCUT2D eigenvalue weighted by Crippen LogP contribution is -1.97. The van der Waals surface area contributed by atoms with Gasteiger partial charge in [-0.25, -0.2) is 4.79 Å². The van der Waals surface area contributed by atoms with Crippen LogP contribution in [0.1, 0.15) is 22.8 Å². The first-order valence-corrected chi connectivity index (χ1v) is 3.85. The molecule has 0 aliphatic heterocycles. The van der Waals surface area contributed by atoms with Gasteiger partial charge in [0.15, 0.2) is 11.5 Å². The second-order valence-electron chi connectivity index (χ2n) is 2.63. The molecular weight excluding hydrogens is 172 g/mol. The highest BCUT2D eigenvalue weighted by Crippen LogP contribution is 2.32. The number of aryl methyl sites for hydroxylation is 1. The van der Waals surface area contributed by atoms with Crippen molar-refractivity contribution < 1.29 is 20.1 Å².